The van der Waals surface area contributed by atoms with Crippen molar-refractivity contribution in [3.8, 4) is 11.5 Å². The van der Waals surface area contributed by atoms with Crippen LogP contribution >= 0.6 is 11.8 Å². The lowest BCUT2D eigenvalue weighted by molar-refractivity contribution is -0.161. The molecule has 0 atom stereocenters. The summed E-state index contributed by atoms with van der Waals surface area (Å²) in [6.45, 7) is 0. The molecule has 7 heteroatoms. The standard InChI is InChI=1S/C22H23NO5S/c1-27-17-7-12(8-18-19(24)23-21(26)29-18)2-3-16(17)28-20(25)22-9-13-4-14(10-22)6-15(5-13)11-22/h2-3,7-8,13-15H,4-6,9-11H2,1H3,(H,23,24,26)/b18-8-. The highest BCUT2D eigenvalue weighted by molar-refractivity contribution is 8.18. The zero-order valence-electron chi connectivity index (χ0n) is 16.2. The van der Waals surface area contributed by atoms with Gasteiger partial charge in [0.25, 0.3) is 11.1 Å². The average Bonchev–Trinajstić information content (AvgIpc) is 2.98. The van der Waals surface area contributed by atoms with Gasteiger partial charge in [-0.2, -0.15) is 0 Å². The Morgan fingerprint density at radius 1 is 1.10 bits per heavy atom. The summed E-state index contributed by atoms with van der Waals surface area (Å²) in [5.74, 6) is 2.31. The quantitative estimate of drug-likeness (QED) is 0.454. The Morgan fingerprint density at radius 2 is 1.76 bits per heavy atom. The maximum absolute atomic E-state index is 13.2. The molecule has 4 bridgehead atoms. The van der Waals surface area contributed by atoms with E-state index in [0.717, 1.165) is 31.0 Å². The van der Waals surface area contributed by atoms with Gasteiger partial charge in [-0.25, -0.2) is 0 Å². The first-order chi connectivity index (χ1) is 13.9. The molecule has 6 nitrogen and oxygen atoms in total. The zero-order chi connectivity index (χ0) is 20.2. The summed E-state index contributed by atoms with van der Waals surface area (Å²) in [4.78, 5) is 36.6. The molecule has 29 heavy (non-hydrogen) atoms. The molecular weight excluding hydrogens is 390 g/mol. The van der Waals surface area contributed by atoms with Crippen LogP contribution < -0.4 is 14.8 Å². The summed E-state index contributed by atoms with van der Waals surface area (Å²) in [6.07, 6.45) is 8.28. The predicted octanol–water partition coefficient (Wildman–Crippen LogP) is 4.14. The third kappa shape index (κ3) is 3.35. The fourth-order valence-corrected chi connectivity index (χ4v) is 6.68. The normalized spacial score (nSPS) is 33.8. The van der Waals surface area contributed by atoms with Crippen molar-refractivity contribution in [1.29, 1.82) is 0 Å². The van der Waals surface area contributed by atoms with Crippen LogP contribution in [0.1, 0.15) is 44.1 Å². The molecule has 4 saturated carbocycles. The lowest BCUT2D eigenvalue weighted by Gasteiger charge is -2.55. The van der Waals surface area contributed by atoms with E-state index in [1.807, 2.05) is 0 Å². The van der Waals surface area contributed by atoms with E-state index in [1.165, 1.54) is 26.4 Å². The van der Waals surface area contributed by atoms with Gasteiger partial charge in [0.1, 0.15) is 0 Å². The summed E-state index contributed by atoms with van der Waals surface area (Å²) >= 11 is 0.864. The molecule has 1 N–H and O–H groups in total. The molecule has 5 fully saturated rings. The molecule has 4 aliphatic carbocycles. The minimum absolute atomic E-state index is 0.127. The second-order valence-corrected chi connectivity index (χ2v) is 9.86. The number of ether oxygens (including phenoxy) is 2. The minimum atomic E-state index is -0.406. The van der Waals surface area contributed by atoms with Crippen LogP contribution in [0.5, 0.6) is 11.5 Å². The maximum atomic E-state index is 13.2. The summed E-state index contributed by atoms with van der Waals surface area (Å²) < 4.78 is 11.3. The molecule has 1 saturated heterocycles. The molecular formula is C22H23NO5S. The van der Waals surface area contributed by atoms with Crippen molar-refractivity contribution in [1.82, 2.24) is 5.32 Å². The van der Waals surface area contributed by atoms with Crippen LogP contribution in [0.4, 0.5) is 4.79 Å². The molecule has 1 aliphatic heterocycles. The Morgan fingerprint density at radius 3 is 2.31 bits per heavy atom. The van der Waals surface area contributed by atoms with Gasteiger partial charge in [0.05, 0.1) is 17.4 Å². The van der Waals surface area contributed by atoms with Gasteiger partial charge in [-0.3, -0.25) is 19.7 Å². The van der Waals surface area contributed by atoms with Crippen LogP contribution in [-0.4, -0.2) is 24.2 Å². The Balaban J connectivity index is 1.36. The van der Waals surface area contributed by atoms with E-state index in [1.54, 1.807) is 24.3 Å². The highest BCUT2D eigenvalue weighted by atomic mass is 32.2. The van der Waals surface area contributed by atoms with Gasteiger partial charge in [0.15, 0.2) is 11.5 Å². The van der Waals surface area contributed by atoms with Crippen LogP contribution in [0.25, 0.3) is 6.08 Å². The Bertz CT molecular complexity index is 902. The number of imide groups is 1. The highest BCUT2D eigenvalue weighted by Gasteiger charge is 2.55. The van der Waals surface area contributed by atoms with Gasteiger partial charge in [0, 0.05) is 0 Å². The molecule has 0 aromatic heterocycles. The highest BCUT2D eigenvalue weighted by Crippen LogP contribution is 2.60. The molecule has 2 amide bonds. The van der Waals surface area contributed by atoms with Crippen molar-refractivity contribution in [3.05, 3.63) is 28.7 Å². The number of rotatable bonds is 4. The SMILES string of the molecule is COc1cc(/C=C2\SC(=O)NC2=O)ccc1OC(=O)C12CC3CC(CC(C3)C1)C2. The lowest BCUT2D eigenvalue weighted by atomic mass is 9.49. The number of carbonyl (C=O) groups excluding carboxylic acids is 3. The van der Waals surface area contributed by atoms with Gasteiger partial charge >= 0.3 is 5.97 Å². The van der Waals surface area contributed by atoms with Crippen molar-refractivity contribution in [2.75, 3.05) is 7.11 Å². The number of esters is 1. The first kappa shape index (κ1) is 18.7. The van der Waals surface area contributed by atoms with E-state index < -0.39 is 5.91 Å². The van der Waals surface area contributed by atoms with Crippen LogP contribution in [0, 0.1) is 23.2 Å². The van der Waals surface area contributed by atoms with Gasteiger partial charge in [-0.1, -0.05) is 6.07 Å². The second kappa shape index (κ2) is 6.90. The largest absolute Gasteiger partial charge is 0.493 e. The van der Waals surface area contributed by atoms with Gasteiger partial charge in [-0.05, 0) is 91.8 Å². The van der Waals surface area contributed by atoms with E-state index in [-0.39, 0.29) is 16.6 Å². The number of hydrogen-bond acceptors (Lipinski definition) is 6. The van der Waals surface area contributed by atoms with E-state index in [9.17, 15) is 14.4 Å². The fourth-order valence-electron chi connectivity index (χ4n) is 6.00. The molecule has 0 spiro atoms. The molecule has 1 aromatic carbocycles. The van der Waals surface area contributed by atoms with Crippen molar-refractivity contribution in [3.63, 3.8) is 0 Å². The molecule has 5 aliphatic rings. The maximum Gasteiger partial charge on any atom is 0.317 e. The van der Waals surface area contributed by atoms with Crippen LogP contribution in [0.3, 0.4) is 0 Å². The molecule has 1 aromatic rings. The van der Waals surface area contributed by atoms with Crippen LogP contribution in [0.15, 0.2) is 23.1 Å². The summed E-state index contributed by atoms with van der Waals surface area (Å²) in [7, 11) is 1.52. The third-order valence-corrected chi connectivity index (χ3v) is 7.61. The number of hydrogen-bond donors (Lipinski definition) is 1. The van der Waals surface area contributed by atoms with Crippen molar-refractivity contribution in [2.24, 2.45) is 23.2 Å². The van der Waals surface area contributed by atoms with Crippen molar-refractivity contribution < 1.29 is 23.9 Å². The second-order valence-electron chi connectivity index (χ2n) is 8.85. The van der Waals surface area contributed by atoms with Gasteiger partial charge < -0.3 is 9.47 Å². The van der Waals surface area contributed by atoms with Gasteiger partial charge in [0.2, 0.25) is 0 Å². The first-order valence-corrected chi connectivity index (χ1v) is 10.9. The average molecular weight is 413 g/mol. The topological polar surface area (TPSA) is 81.7 Å². The van der Waals surface area contributed by atoms with Gasteiger partial charge in [-0.15, -0.1) is 0 Å². The molecule has 0 unspecified atom stereocenters. The van der Waals surface area contributed by atoms with Crippen molar-refractivity contribution >= 4 is 35.0 Å². The smallest absolute Gasteiger partial charge is 0.317 e. The molecule has 0 radical (unpaired) electrons. The number of nitrogens with one attached hydrogen (secondary N) is 1. The summed E-state index contributed by atoms with van der Waals surface area (Å²) in [5, 5.41) is 1.85. The number of thioether (sulfide) groups is 1. The Kier molecular flexibility index (Phi) is 4.46. The lowest BCUT2D eigenvalue weighted by Crippen LogP contribution is -2.51. The first-order valence-electron chi connectivity index (χ1n) is 10.1. The summed E-state index contributed by atoms with van der Waals surface area (Å²) in [5.41, 5.74) is 0.364. The van der Waals surface area contributed by atoms with E-state index in [2.05, 4.69) is 5.32 Å². The van der Waals surface area contributed by atoms with Crippen LogP contribution in [-0.2, 0) is 9.59 Å². The van der Waals surface area contributed by atoms with E-state index in [0.29, 0.717) is 39.7 Å². The number of amides is 2. The molecule has 6 rings (SSSR count). The van der Waals surface area contributed by atoms with Crippen LogP contribution in [0.2, 0.25) is 0 Å². The fraction of sp³-hybridized carbons (Fsp3) is 0.500. The summed E-state index contributed by atoms with van der Waals surface area (Å²) in [6, 6.07) is 5.17. The Hall–Kier alpha value is -2.28. The van der Waals surface area contributed by atoms with E-state index >= 15 is 0 Å². The molecule has 1 heterocycles. The predicted molar refractivity (Wildman–Crippen MR) is 108 cm³/mol. The van der Waals surface area contributed by atoms with E-state index in [4.69, 9.17) is 9.47 Å². The molecule has 152 valence electrons. The minimum Gasteiger partial charge on any atom is -0.493 e. The number of benzene rings is 1. The Labute approximate surface area is 173 Å². The van der Waals surface area contributed by atoms with Crippen molar-refractivity contribution in [2.45, 2.75) is 38.5 Å². The number of carbonyl (C=O) groups is 3. The number of methoxy groups -OCH3 is 1. The monoisotopic (exact) mass is 413 g/mol. The third-order valence-electron chi connectivity index (χ3n) is 6.80. The zero-order valence-corrected chi connectivity index (χ0v) is 17.1.